The zero-order valence-corrected chi connectivity index (χ0v) is 53.9. The van der Waals surface area contributed by atoms with Gasteiger partial charge in [0.05, 0.1) is 22.6 Å². The van der Waals surface area contributed by atoms with Gasteiger partial charge in [0, 0.05) is 149 Å². The zero-order chi connectivity index (χ0) is 55.0. The van der Waals surface area contributed by atoms with Gasteiger partial charge in [-0.25, -0.2) is 9.78 Å². The molecule has 0 aliphatic heterocycles. The number of carboxylic acid groups (broad SMARTS) is 1. The average Bonchev–Trinajstić information content (AvgIpc) is 2.86. The second-order valence-corrected chi connectivity index (χ2v) is 18.0. The summed E-state index contributed by atoms with van der Waals surface area (Å²) in [5.74, 6) is -0.213. The topological polar surface area (TPSA) is 162 Å². The summed E-state index contributed by atoms with van der Waals surface area (Å²) in [4.78, 5) is 32.8. The molecule has 0 aliphatic carbocycles. The second kappa shape index (κ2) is 31.8. The van der Waals surface area contributed by atoms with Crippen LogP contribution in [0.3, 0.4) is 0 Å². The number of benzene rings is 9. The van der Waals surface area contributed by atoms with Crippen molar-refractivity contribution in [3.63, 3.8) is 0 Å². The standard InChI is InChI=1S/3C15H11NO.C14H9NO2.C11H8N.4Ir/c17-15-8-4-3-7-13(15)14-9-11-5-1-2-6-12(11)10-16-14;2*17-14-8-4-3-7-13(14)15-12-6-2-1-5-11(12)9-10-16-15;16-14(17)13-11-7-2-1-5-9(11)10-6-3-4-8-12(10)15-13;1-2-6-10(7-3-1)11-8-4-5-9-12-11;;;;/h3*1-10,17H;1-8H,(H,16,17);1-6,8-9H;;;;/q;;;;-1;;;;. The number of phenolic OH excluding ortho intramolecular Hbond substituents is 3. The van der Waals surface area contributed by atoms with E-state index in [-0.39, 0.29) is 103 Å². The summed E-state index contributed by atoms with van der Waals surface area (Å²) in [6.45, 7) is 0. The van der Waals surface area contributed by atoms with Gasteiger partial charge in [0.15, 0.2) is 5.69 Å². The largest absolute Gasteiger partial charge is 0.507 e. The molecule has 5 aromatic heterocycles. The molecule has 0 unspecified atom stereocenters. The molecule has 0 amide bonds. The molecular weight excluding hydrogens is 1760 g/mol. The Bertz CT molecular complexity index is 4250. The number of para-hydroxylation sites is 4. The van der Waals surface area contributed by atoms with Crippen molar-refractivity contribution in [2.75, 3.05) is 0 Å². The van der Waals surface area contributed by atoms with E-state index in [1.165, 1.54) is 0 Å². The molecule has 0 saturated carbocycles. The van der Waals surface area contributed by atoms with Crippen molar-refractivity contribution in [3.8, 4) is 62.3 Å². The molecule has 84 heavy (non-hydrogen) atoms. The van der Waals surface area contributed by atoms with Crippen LogP contribution in [0.1, 0.15) is 10.5 Å². The maximum Gasteiger partial charge on any atom is 0.355 e. The number of aromatic carboxylic acids is 1. The molecule has 0 saturated heterocycles. The monoisotopic (exact) mass is 1810 g/mol. The predicted octanol–water partition coefficient (Wildman–Crippen LogP) is 16.4. The van der Waals surface area contributed by atoms with Crippen LogP contribution in [-0.4, -0.2) is 51.3 Å². The van der Waals surface area contributed by atoms with E-state index in [1.807, 2.05) is 231 Å². The minimum absolute atomic E-state index is 0. The van der Waals surface area contributed by atoms with E-state index >= 15 is 0 Å². The average molecular weight is 1810 g/mol. The molecule has 14 aromatic rings. The summed E-state index contributed by atoms with van der Waals surface area (Å²) in [6.07, 6.45) is 7.15. The number of hydrogen-bond donors (Lipinski definition) is 4. The number of aromatic hydroxyl groups is 3. The molecule has 14 heteroatoms. The fourth-order valence-corrected chi connectivity index (χ4v) is 9.08. The van der Waals surface area contributed by atoms with Crippen molar-refractivity contribution in [1.82, 2.24) is 24.9 Å². The quantitative estimate of drug-likeness (QED) is 0.0964. The molecule has 0 spiro atoms. The minimum Gasteiger partial charge on any atom is -0.507 e. The first-order valence-electron chi connectivity index (χ1n) is 25.6. The van der Waals surface area contributed by atoms with Crippen LogP contribution in [0.5, 0.6) is 17.2 Å². The Hall–Kier alpha value is -8.50. The summed E-state index contributed by atoms with van der Waals surface area (Å²) >= 11 is 0. The Balaban J connectivity index is 0.000000167. The number of nitrogens with zero attached hydrogens (tertiary/aromatic N) is 5. The van der Waals surface area contributed by atoms with Gasteiger partial charge in [0.1, 0.15) is 17.2 Å². The smallest absolute Gasteiger partial charge is 0.355 e. The summed E-state index contributed by atoms with van der Waals surface area (Å²) in [5.41, 5.74) is 7.56. The number of fused-ring (bicyclic) bond motifs is 6. The zero-order valence-electron chi connectivity index (χ0n) is 44.3. The van der Waals surface area contributed by atoms with E-state index in [0.717, 1.165) is 88.1 Å². The van der Waals surface area contributed by atoms with Crippen LogP contribution in [0.15, 0.2) is 280 Å². The van der Waals surface area contributed by atoms with Gasteiger partial charge >= 0.3 is 5.97 Å². The van der Waals surface area contributed by atoms with Crippen LogP contribution in [0.4, 0.5) is 0 Å². The Morgan fingerprint density at radius 3 is 1.33 bits per heavy atom. The van der Waals surface area contributed by atoms with Crippen LogP contribution in [0, 0.1) is 6.07 Å². The molecule has 14 rings (SSSR count). The van der Waals surface area contributed by atoms with Crippen LogP contribution >= 0.6 is 0 Å². The van der Waals surface area contributed by atoms with Gasteiger partial charge < -0.3 is 25.4 Å². The van der Waals surface area contributed by atoms with E-state index < -0.39 is 5.97 Å². The summed E-state index contributed by atoms with van der Waals surface area (Å²) in [5, 5.41) is 47.9. The molecule has 4 radical (unpaired) electrons. The van der Waals surface area contributed by atoms with Gasteiger partial charge in [-0.05, 0) is 94.0 Å². The molecule has 0 fully saturated rings. The molecule has 0 aliphatic rings. The van der Waals surface area contributed by atoms with Crippen molar-refractivity contribution >= 4 is 60.0 Å². The van der Waals surface area contributed by atoms with Gasteiger partial charge in [-0.1, -0.05) is 164 Å². The summed E-state index contributed by atoms with van der Waals surface area (Å²) < 4.78 is 0. The number of carbonyl (C=O) groups is 1. The normalized spacial score (nSPS) is 10.0. The first-order chi connectivity index (χ1) is 39.3. The second-order valence-electron chi connectivity index (χ2n) is 18.0. The third kappa shape index (κ3) is 15.8. The van der Waals surface area contributed by atoms with Gasteiger partial charge in [-0.15, -0.1) is 35.9 Å². The Morgan fingerprint density at radius 2 is 0.810 bits per heavy atom. The van der Waals surface area contributed by atoms with Gasteiger partial charge in [0.2, 0.25) is 0 Å². The third-order valence-corrected chi connectivity index (χ3v) is 12.9. The Labute approximate surface area is 539 Å². The molecule has 5 heterocycles. The number of rotatable bonds is 5. The fraction of sp³-hybridized carbons (Fsp3) is 0. The molecule has 10 nitrogen and oxygen atoms in total. The van der Waals surface area contributed by atoms with Gasteiger partial charge in [0.25, 0.3) is 0 Å². The molecule has 4 N–H and O–H groups in total. The van der Waals surface area contributed by atoms with Crippen molar-refractivity contribution < 1.29 is 106 Å². The van der Waals surface area contributed by atoms with E-state index in [2.05, 4.69) is 31.0 Å². The van der Waals surface area contributed by atoms with Crippen LogP contribution in [0.2, 0.25) is 0 Å². The van der Waals surface area contributed by atoms with Crippen LogP contribution < -0.4 is 0 Å². The first kappa shape index (κ1) is 64.7. The van der Waals surface area contributed by atoms with Gasteiger partial charge in [-0.2, -0.15) is 0 Å². The Kier molecular flexibility index (Phi) is 24.5. The Morgan fingerprint density at radius 1 is 0.357 bits per heavy atom. The predicted molar refractivity (Wildman–Crippen MR) is 321 cm³/mol. The van der Waals surface area contributed by atoms with Crippen molar-refractivity contribution in [1.29, 1.82) is 0 Å². The van der Waals surface area contributed by atoms with Gasteiger partial charge in [-0.3, -0.25) is 15.0 Å². The first-order valence-corrected chi connectivity index (χ1v) is 25.6. The molecule has 9 aromatic carbocycles. The minimum atomic E-state index is -0.994. The fourth-order valence-electron chi connectivity index (χ4n) is 9.08. The van der Waals surface area contributed by atoms with E-state index in [9.17, 15) is 25.2 Å². The molecule has 0 bridgehead atoms. The number of carboxylic acids is 1. The molecular formula is C70H50Ir4N5O5-. The summed E-state index contributed by atoms with van der Waals surface area (Å²) in [6, 6.07) is 83.7. The van der Waals surface area contributed by atoms with E-state index in [4.69, 9.17) is 0 Å². The summed E-state index contributed by atoms with van der Waals surface area (Å²) in [7, 11) is 0. The van der Waals surface area contributed by atoms with Crippen molar-refractivity contribution in [2.24, 2.45) is 0 Å². The number of aromatic nitrogens is 5. The number of phenols is 3. The third-order valence-electron chi connectivity index (χ3n) is 12.9. The SMILES string of the molecule is O=C(O)c1nc2ccccc2c2ccccc12.Oc1ccccc1-c1cc2ccccc2cn1.Oc1ccccc1-c1nccc2ccccc12.Oc1ccccc1-c1nccc2ccccc12.[Ir].[Ir].[Ir].[Ir].[c-]1ccccc1-c1ccccn1. The maximum atomic E-state index is 11.2. The van der Waals surface area contributed by atoms with E-state index in [0.29, 0.717) is 10.9 Å². The van der Waals surface area contributed by atoms with Crippen molar-refractivity contribution in [3.05, 3.63) is 291 Å². The van der Waals surface area contributed by atoms with Crippen LogP contribution in [0.25, 0.3) is 99.0 Å². The molecule has 0 atom stereocenters. The molecule has 422 valence electrons. The number of pyridine rings is 5. The number of hydrogen-bond acceptors (Lipinski definition) is 9. The van der Waals surface area contributed by atoms with Crippen molar-refractivity contribution in [2.45, 2.75) is 0 Å². The van der Waals surface area contributed by atoms with Crippen LogP contribution in [-0.2, 0) is 80.4 Å². The maximum absolute atomic E-state index is 11.2. The van der Waals surface area contributed by atoms with E-state index in [1.54, 1.807) is 48.9 Å².